The van der Waals surface area contributed by atoms with Crippen LogP contribution in [0.2, 0.25) is 0 Å². The van der Waals surface area contributed by atoms with Crippen LogP contribution in [0.15, 0.2) is 27.8 Å². The van der Waals surface area contributed by atoms with E-state index in [1.54, 1.807) is 7.11 Å². The molecule has 1 aromatic carbocycles. The Morgan fingerprint density at radius 3 is 2.33 bits per heavy atom. The highest BCUT2D eigenvalue weighted by Gasteiger charge is 1.90. The summed E-state index contributed by atoms with van der Waals surface area (Å²) in [7, 11) is 1.68. The Bertz CT molecular complexity index is 270. The third-order valence-electron chi connectivity index (χ3n) is 1.48. The first kappa shape index (κ1) is 9.58. The zero-order chi connectivity index (χ0) is 8.97. The minimum absolute atomic E-state index is 0.901. The number of halogens is 1. The lowest BCUT2D eigenvalue weighted by atomic mass is 10.2. The summed E-state index contributed by atoms with van der Waals surface area (Å²) in [6.45, 7) is 2.07. The molecule has 0 saturated carbocycles. The van der Waals surface area contributed by atoms with Gasteiger partial charge in [-0.05, 0) is 56.9 Å². The minimum atomic E-state index is 0.901. The summed E-state index contributed by atoms with van der Waals surface area (Å²) in [6, 6.07) is 8.01. The van der Waals surface area contributed by atoms with Crippen molar-refractivity contribution in [1.29, 1.82) is 0 Å². The van der Waals surface area contributed by atoms with Crippen LogP contribution in [0.25, 0.3) is 6.08 Å². The Morgan fingerprint density at radius 1 is 1.33 bits per heavy atom. The van der Waals surface area contributed by atoms with Gasteiger partial charge in [-0.25, -0.2) is 0 Å². The van der Waals surface area contributed by atoms with Gasteiger partial charge in [0.05, 0.1) is 7.11 Å². The molecular weight excluding hydrogens is 263 g/mol. The van der Waals surface area contributed by atoms with Crippen LogP contribution < -0.4 is 4.74 Å². The summed E-state index contributed by atoms with van der Waals surface area (Å²) in [4.78, 5) is 0. The van der Waals surface area contributed by atoms with Crippen molar-refractivity contribution in [2.75, 3.05) is 7.11 Å². The van der Waals surface area contributed by atoms with E-state index in [1.807, 2.05) is 24.3 Å². The molecule has 1 nitrogen and oxygen atoms in total. The molecule has 64 valence electrons. The molecular formula is C10H11IO. The van der Waals surface area contributed by atoms with E-state index in [2.05, 4.69) is 35.6 Å². The molecule has 0 aliphatic heterocycles. The Kier molecular flexibility index (Phi) is 3.59. The fourth-order valence-corrected chi connectivity index (χ4v) is 1.29. The number of allylic oxidation sites excluding steroid dienone is 1. The summed E-state index contributed by atoms with van der Waals surface area (Å²) in [5.41, 5.74) is 1.21. The highest BCUT2D eigenvalue weighted by molar-refractivity contribution is 14.1. The molecule has 0 bridgehead atoms. The molecule has 0 fully saturated rings. The molecule has 0 atom stereocenters. The number of hydrogen-bond donors (Lipinski definition) is 0. The second-order valence-corrected chi connectivity index (χ2v) is 4.21. The first-order valence-electron chi connectivity index (χ1n) is 3.70. The van der Waals surface area contributed by atoms with E-state index in [1.165, 1.54) is 9.14 Å². The van der Waals surface area contributed by atoms with Gasteiger partial charge in [-0.15, -0.1) is 0 Å². The number of ether oxygens (including phenoxy) is 1. The Labute approximate surface area is 86.6 Å². The van der Waals surface area contributed by atoms with Crippen molar-refractivity contribution in [3.63, 3.8) is 0 Å². The average Bonchev–Trinajstić information content (AvgIpc) is 2.05. The second-order valence-electron chi connectivity index (χ2n) is 2.50. The van der Waals surface area contributed by atoms with E-state index in [4.69, 9.17) is 4.74 Å². The normalized spacial score (nSPS) is 11.4. The predicted molar refractivity (Wildman–Crippen MR) is 60.7 cm³/mol. The summed E-state index contributed by atoms with van der Waals surface area (Å²) < 4.78 is 6.33. The van der Waals surface area contributed by atoms with Gasteiger partial charge in [-0.3, -0.25) is 0 Å². The van der Waals surface area contributed by atoms with Crippen molar-refractivity contribution in [1.82, 2.24) is 0 Å². The summed E-state index contributed by atoms with van der Waals surface area (Å²) in [5.74, 6) is 0.901. The number of hydrogen-bond acceptors (Lipinski definition) is 1. The Hall–Kier alpha value is -0.510. The molecule has 0 saturated heterocycles. The van der Waals surface area contributed by atoms with Crippen LogP contribution in [0, 0.1) is 0 Å². The second kappa shape index (κ2) is 4.50. The maximum Gasteiger partial charge on any atom is 0.118 e. The van der Waals surface area contributed by atoms with Crippen LogP contribution in [0.5, 0.6) is 5.75 Å². The van der Waals surface area contributed by atoms with E-state index in [-0.39, 0.29) is 0 Å². The minimum Gasteiger partial charge on any atom is -0.497 e. The Morgan fingerprint density at radius 2 is 1.92 bits per heavy atom. The maximum absolute atomic E-state index is 5.05. The number of benzene rings is 1. The van der Waals surface area contributed by atoms with E-state index < -0.39 is 0 Å². The smallest absolute Gasteiger partial charge is 0.118 e. The monoisotopic (exact) mass is 274 g/mol. The van der Waals surface area contributed by atoms with Gasteiger partial charge in [-0.1, -0.05) is 12.1 Å². The zero-order valence-electron chi connectivity index (χ0n) is 7.17. The highest BCUT2D eigenvalue weighted by Crippen LogP contribution is 2.15. The molecule has 0 aliphatic rings. The van der Waals surface area contributed by atoms with Crippen LogP contribution in [0.4, 0.5) is 0 Å². The standard InChI is InChI=1S/C10H11IO/c1-8(11)7-9-3-5-10(12-2)6-4-9/h3-7H,1-2H3/b8-7-. The lowest BCUT2D eigenvalue weighted by Gasteiger charge is -1.99. The third kappa shape index (κ3) is 2.85. The van der Waals surface area contributed by atoms with Gasteiger partial charge in [0.15, 0.2) is 0 Å². The van der Waals surface area contributed by atoms with Gasteiger partial charge in [-0.2, -0.15) is 0 Å². The average molecular weight is 274 g/mol. The van der Waals surface area contributed by atoms with Crippen LogP contribution in [0.1, 0.15) is 12.5 Å². The molecule has 1 aromatic rings. The van der Waals surface area contributed by atoms with Crippen molar-refractivity contribution in [2.45, 2.75) is 6.92 Å². The first-order chi connectivity index (χ1) is 5.72. The lowest BCUT2D eigenvalue weighted by molar-refractivity contribution is 0.415. The number of methoxy groups -OCH3 is 1. The van der Waals surface area contributed by atoms with E-state index in [0.717, 1.165) is 5.75 Å². The molecule has 0 radical (unpaired) electrons. The van der Waals surface area contributed by atoms with Gasteiger partial charge in [0.25, 0.3) is 0 Å². The topological polar surface area (TPSA) is 9.23 Å². The van der Waals surface area contributed by atoms with Crippen LogP contribution in [0.3, 0.4) is 0 Å². The summed E-state index contributed by atoms with van der Waals surface area (Å²) in [5, 5.41) is 0. The van der Waals surface area contributed by atoms with E-state index >= 15 is 0 Å². The molecule has 0 aromatic heterocycles. The van der Waals surface area contributed by atoms with Crippen LogP contribution >= 0.6 is 22.6 Å². The fourth-order valence-electron chi connectivity index (χ4n) is 0.930. The molecule has 0 spiro atoms. The van der Waals surface area contributed by atoms with Crippen molar-refractivity contribution in [2.24, 2.45) is 0 Å². The van der Waals surface area contributed by atoms with Crippen molar-refractivity contribution in [3.8, 4) is 5.75 Å². The first-order valence-corrected chi connectivity index (χ1v) is 4.78. The predicted octanol–water partition coefficient (Wildman–Crippen LogP) is 3.49. The summed E-state index contributed by atoms with van der Waals surface area (Å²) in [6.07, 6.45) is 2.12. The van der Waals surface area contributed by atoms with Gasteiger partial charge < -0.3 is 4.74 Å². The van der Waals surface area contributed by atoms with Crippen LogP contribution in [-0.2, 0) is 0 Å². The van der Waals surface area contributed by atoms with Gasteiger partial charge in [0.1, 0.15) is 5.75 Å². The summed E-state index contributed by atoms with van der Waals surface area (Å²) >= 11 is 2.29. The molecule has 0 unspecified atom stereocenters. The molecule has 0 N–H and O–H groups in total. The van der Waals surface area contributed by atoms with Gasteiger partial charge in [0, 0.05) is 0 Å². The molecule has 1 rings (SSSR count). The maximum atomic E-state index is 5.05. The third-order valence-corrected chi connectivity index (χ3v) is 1.79. The SMILES string of the molecule is COc1ccc(/C=C(/C)I)cc1. The van der Waals surface area contributed by atoms with Crippen molar-refractivity contribution < 1.29 is 4.74 Å². The molecule has 2 heteroatoms. The van der Waals surface area contributed by atoms with Crippen molar-refractivity contribution >= 4 is 28.7 Å². The van der Waals surface area contributed by atoms with E-state index in [9.17, 15) is 0 Å². The molecule has 0 amide bonds. The lowest BCUT2D eigenvalue weighted by Crippen LogP contribution is -1.81. The van der Waals surface area contributed by atoms with Gasteiger partial charge >= 0.3 is 0 Å². The van der Waals surface area contributed by atoms with Crippen LogP contribution in [-0.4, -0.2) is 7.11 Å². The fraction of sp³-hybridized carbons (Fsp3) is 0.200. The largest absolute Gasteiger partial charge is 0.497 e. The zero-order valence-corrected chi connectivity index (χ0v) is 9.33. The molecule has 12 heavy (non-hydrogen) atoms. The van der Waals surface area contributed by atoms with Crippen molar-refractivity contribution in [3.05, 3.63) is 33.4 Å². The van der Waals surface area contributed by atoms with Gasteiger partial charge in [0.2, 0.25) is 0 Å². The quantitative estimate of drug-likeness (QED) is 0.750. The van der Waals surface area contributed by atoms with E-state index in [0.29, 0.717) is 0 Å². The molecule has 0 aliphatic carbocycles. The molecule has 0 heterocycles. The highest BCUT2D eigenvalue weighted by atomic mass is 127. The Balaban J connectivity index is 2.85. The number of rotatable bonds is 2.